The lowest BCUT2D eigenvalue weighted by Gasteiger charge is -2.22. The Morgan fingerprint density at radius 3 is 2.78 bits per heavy atom. The molecule has 6 heteroatoms. The Labute approximate surface area is 163 Å². The number of rotatable bonds is 9. The second kappa shape index (κ2) is 9.13. The van der Waals surface area contributed by atoms with Crippen LogP contribution in [0.2, 0.25) is 0 Å². The van der Waals surface area contributed by atoms with Crippen LogP contribution in [0.4, 0.5) is 4.39 Å². The Balaban J connectivity index is 1.91. The Bertz CT molecular complexity index is 888. The van der Waals surface area contributed by atoms with Gasteiger partial charge in [0.2, 0.25) is 0 Å². The summed E-state index contributed by atoms with van der Waals surface area (Å²) < 4.78 is 15.7. The number of amides is 1. The van der Waals surface area contributed by atoms with Crippen molar-refractivity contribution in [1.82, 2.24) is 14.5 Å². The zero-order valence-electron chi connectivity index (χ0n) is 15.9. The fourth-order valence-electron chi connectivity index (χ4n) is 3.29. The number of hydrogen-bond donors (Lipinski definition) is 0. The maximum absolute atomic E-state index is 13.6. The molecular formula is C21H26FN3OS. The van der Waals surface area contributed by atoms with E-state index < -0.39 is 0 Å². The van der Waals surface area contributed by atoms with E-state index in [0.717, 1.165) is 49.1 Å². The van der Waals surface area contributed by atoms with Crippen LogP contribution in [0.15, 0.2) is 35.0 Å². The van der Waals surface area contributed by atoms with Gasteiger partial charge >= 0.3 is 0 Å². The third-order valence-electron chi connectivity index (χ3n) is 4.66. The Hall–Kier alpha value is -2.21. The van der Waals surface area contributed by atoms with E-state index in [2.05, 4.69) is 23.4 Å². The van der Waals surface area contributed by atoms with E-state index in [4.69, 9.17) is 0 Å². The fourth-order valence-corrected chi connectivity index (χ4v) is 3.92. The van der Waals surface area contributed by atoms with E-state index in [1.165, 1.54) is 23.5 Å². The molecule has 0 atom stereocenters. The summed E-state index contributed by atoms with van der Waals surface area (Å²) in [5, 5.41) is 3.81. The number of halogens is 1. The molecule has 2 aromatic heterocycles. The number of aryl methyl sites for hydroxylation is 1. The van der Waals surface area contributed by atoms with Crippen molar-refractivity contribution >= 4 is 28.3 Å². The summed E-state index contributed by atoms with van der Waals surface area (Å²) in [6, 6.07) is 6.58. The molecule has 0 spiro atoms. The minimum absolute atomic E-state index is 0.0358. The van der Waals surface area contributed by atoms with E-state index in [-0.39, 0.29) is 11.7 Å². The fraction of sp³-hybridized carbons (Fsp3) is 0.429. The first-order chi connectivity index (χ1) is 13.1. The van der Waals surface area contributed by atoms with Gasteiger partial charge in [-0.1, -0.05) is 26.7 Å². The van der Waals surface area contributed by atoms with Gasteiger partial charge in [0.1, 0.15) is 11.6 Å². The van der Waals surface area contributed by atoms with Gasteiger partial charge in [-0.3, -0.25) is 4.79 Å². The van der Waals surface area contributed by atoms with Crippen LogP contribution in [0, 0.1) is 5.82 Å². The maximum Gasteiger partial charge on any atom is 0.255 e. The topological polar surface area (TPSA) is 38.1 Å². The van der Waals surface area contributed by atoms with Gasteiger partial charge in [0.05, 0.1) is 23.1 Å². The summed E-state index contributed by atoms with van der Waals surface area (Å²) in [5.41, 5.74) is 2.29. The van der Waals surface area contributed by atoms with Gasteiger partial charge in [0.25, 0.3) is 5.91 Å². The molecule has 0 bridgehead atoms. The molecule has 144 valence electrons. The highest BCUT2D eigenvalue weighted by Gasteiger charge is 2.20. The van der Waals surface area contributed by atoms with Crippen molar-refractivity contribution in [2.24, 2.45) is 0 Å². The van der Waals surface area contributed by atoms with Gasteiger partial charge in [0.15, 0.2) is 0 Å². The predicted molar refractivity (Wildman–Crippen MR) is 109 cm³/mol. The Kier molecular flexibility index (Phi) is 6.61. The molecule has 0 saturated carbocycles. The Morgan fingerprint density at radius 1 is 1.22 bits per heavy atom. The molecule has 3 aromatic rings. The number of nitrogens with zero attached hydrogens (tertiary/aromatic N) is 3. The molecule has 1 aromatic carbocycles. The number of carbonyl (C=O) groups is 1. The van der Waals surface area contributed by atoms with Crippen molar-refractivity contribution in [2.45, 2.75) is 52.6 Å². The van der Waals surface area contributed by atoms with Gasteiger partial charge in [0, 0.05) is 24.5 Å². The summed E-state index contributed by atoms with van der Waals surface area (Å²) in [6.07, 6.45) is 4.11. The Morgan fingerprint density at radius 2 is 2.07 bits per heavy atom. The normalized spacial score (nSPS) is 11.2. The molecule has 2 heterocycles. The molecule has 0 fully saturated rings. The number of fused-ring (bicyclic) bond motifs is 1. The van der Waals surface area contributed by atoms with Crippen molar-refractivity contribution in [3.63, 3.8) is 0 Å². The lowest BCUT2D eigenvalue weighted by atomic mass is 10.2. The SMILES string of the molecule is CCCCCN(Cc1nc2cc(F)ccc2n1CCC)C(=O)c1ccsc1. The summed E-state index contributed by atoms with van der Waals surface area (Å²) in [7, 11) is 0. The van der Waals surface area contributed by atoms with E-state index in [9.17, 15) is 9.18 Å². The van der Waals surface area contributed by atoms with Crippen molar-refractivity contribution in [1.29, 1.82) is 0 Å². The first kappa shape index (κ1) is 19.5. The number of imidazole rings is 1. The predicted octanol–water partition coefficient (Wildman–Crippen LogP) is 5.48. The smallest absolute Gasteiger partial charge is 0.255 e. The number of aromatic nitrogens is 2. The van der Waals surface area contributed by atoms with E-state index in [0.29, 0.717) is 18.6 Å². The van der Waals surface area contributed by atoms with E-state index in [1.54, 1.807) is 6.07 Å². The van der Waals surface area contributed by atoms with Gasteiger partial charge < -0.3 is 9.47 Å². The molecule has 0 N–H and O–H groups in total. The van der Waals surface area contributed by atoms with Gasteiger partial charge in [-0.15, -0.1) is 0 Å². The molecule has 0 unspecified atom stereocenters. The van der Waals surface area contributed by atoms with Crippen LogP contribution in [0.25, 0.3) is 11.0 Å². The molecule has 3 rings (SSSR count). The number of hydrogen-bond acceptors (Lipinski definition) is 3. The van der Waals surface area contributed by atoms with Crippen molar-refractivity contribution < 1.29 is 9.18 Å². The highest BCUT2D eigenvalue weighted by Crippen LogP contribution is 2.21. The first-order valence-electron chi connectivity index (χ1n) is 9.60. The third kappa shape index (κ3) is 4.56. The minimum atomic E-state index is -0.288. The highest BCUT2D eigenvalue weighted by molar-refractivity contribution is 7.08. The van der Waals surface area contributed by atoms with Crippen molar-refractivity contribution in [3.05, 3.63) is 52.2 Å². The highest BCUT2D eigenvalue weighted by atomic mass is 32.1. The standard InChI is InChI=1S/C21H26FN3OS/c1-3-5-6-11-24(21(26)16-9-12-27-15-16)14-20-23-18-13-17(22)7-8-19(18)25(20)10-4-2/h7-9,12-13,15H,3-6,10-11,14H2,1-2H3. The summed E-state index contributed by atoms with van der Waals surface area (Å²) >= 11 is 1.53. The van der Waals surface area contributed by atoms with Crippen LogP contribution in [-0.2, 0) is 13.1 Å². The molecular weight excluding hydrogens is 361 g/mol. The monoisotopic (exact) mass is 387 g/mol. The number of unbranched alkanes of at least 4 members (excludes halogenated alkanes) is 2. The molecule has 0 aliphatic carbocycles. The number of carbonyl (C=O) groups excluding carboxylic acids is 1. The summed E-state index contributed by atoms with van der Waals surface area (Å²) in [5.74, 6) is 0.565. The second-order valence-electron chi connectivity index (χ2n) is 6.76. The van der Waals surface area contributed by atoms with E-state index >= 15 is 0 Å². The molecule has 1 amide bonds. The zero-order chi connectivity index (χ0) is 19.2. The average molecular weight is 388 g/mol. The number of thiophene rings is 1. The molecule has 0 aliphatic rings. The van der Waals surface area contributed by atoms with Crippen LogP contribution in [0.5, 0.6) is 0 Å². The van der Waals surface area contributed by atoms with Crippen LogP contribution in [-0.4, -0.2) is 26.9 Å². The largest absolute Gasteiger partial charge is 0.331 e. The van der Waals surface area contributed by atoms with Crippen molar-refractivity contribution in [2.75, 3.05) is 6.54 Å². The molecule has 27 heavy (non-hydrogen) atoms. The summed E-state index contributed by atoms with van der Waals surface area (Å²) in [6.45, 7) is 6.20. The lowest BCUT2D eigenvalue weighted by Crippen LogP contribution is -2.32. The van der Waals surface area contributed by atoms with Gasteiger partial charge in [-0.2, -0.15) is 11.3 Å². The number of benzene rings is 1. The van der Waals surface area contributed by atoms with Gasteiger partial charge in [-0.25, -0.2) is 9.37 Å². The average Bonchev–Trinajstić information content (AvgIpc) is 3.29. The maximum atomic E-state index is 13.6. The molecule has 0 saturated heterocycles. The zero-order valence-corrected chi connectivity index (χ0v) is 16.8. The second-order valence-corrected chi connectivity index (χ2v) is 7.54. The lowest BCUT2D eigenvalue weighted by molar-refractivity contribution is 0.0734. The van der Waals surface area contributed by atoms with Gasteiger partial charge in [-0.05, 0) is 36.4 Å². The van der Waals surface area contributed by atoms with Crippen LogP contribution >= 0.6 is 11.3 Å². The quantitative estimate of drug-likeness (QED) is 0.456. The molecule has 4 nitrogen and oxygen atoms in total. The minimum Gasteiger partial charge on any atom is -0.331 e. The van der Waals surface area contributed by atoms with E-state index in [1.807, 2.05) is 21.7 Å². The van der Waals surface area contributed by atoms with Crippen LogP contribution in [0.1, 0.15) is 55.7 Å². The van der Waals surface area contributed by atoms with Crippen LogP contribution < -0.4 is 0 Å². The summed E-state index contributed by atoms with van der Waals surface area (Å²) in [4.78, 5) is 19.5. The molecule has 0 radical (unpaired) electrons. The van der Waals surface area contributed by atoms with Crippen molar-refractivity contribution in [3.8, 4) is 0 Å². The first-order valence-corrected chi connectivity index (χ1v) is 10.5. The third-order valence-corrected chi connectivity index (χ3v) is 5.34. The molecule has 0 aliphatic heterocycles. The van der Waals surface area contributed by atoms with Crippen LogP contribution in [0.3, 0.4) is 0 Å².